The van der Waals surface area contributed by atoms with E-state index in [0.29, 0.717) is 11.5 Å². The minimum Gasteiger partial charge on any atom is -0.310 e. The Morgan fingerprint density at radius 2 is 2.06 bits per heavy atom. The third-order valence-electron chi connectivity index (χ3n) is 4.39. The van der Waals surface area contributed by atoms with Gasteiger partial charge in [0.25, 0.3) is 0 Å². The van der Waals surface area contributed by atoms with Gasteiger partial charge in [0.1, 0.15) is 0 Å². The molecule has 1 N–H and O–H groups in total. The highest BCUT2D eigenvalue weighted by molar-refractivity contribution is 5.27. The second-order valence-electron chi connectivity index (χ2n) is 5.97. The molecule has 1 aliphatic rings. The van der Waals surface area contributed by atoms with Crippen molar-refractivity contribution in [1.82, 2.24) is 15.1 Å². The zero-order chi connectivity index (χ0) is 12.6. The molecule has 1 unspecified atom stereocenters. The average Bonchev–Trinajstić information content (AvgIpc) is 2.47. The molecule has 1 atom stereocenters. The van der Waals surface area contributed by atoms with Gasteiger partial charge in [-0.05, 0) is 39.0 Å². The molecule has 3 heteroatoms. The van der Waals surface area contributed by atoms with E-state index in [0.717, 1.165) is 12.2 Å². The normalized spacial score (nSPS) is 20.1. The van der Waals surface area contributed by atoms with Crippen molar-refractivity contribution in [2.75, 3.05) is 6.54 Å². The molecule has 96 valence electrons. The van der Waals surface area contributed by atoms with Crippen molar-refractivity contribution in [2.45, 2.75) is 53.0 Å². The maximum Gasteiger partial charge on any atom is 0.0644 e. The summed E-state index contributed by atoms with van der Waals surface area (Å²) < 4.78 is 1.98. The fourth-order valence-corrected chi connectivity index (χ4v) is 2.88. The second-order valence-corrected chi connectivity index (χ2v) is 5.97. The van der Waals surface area contributed by atoms with Crippen LogP contribution in [0.3, 0.4) is 0 Å². The molecule has 1 aliphatic carbocycles. The predicted molar refractivity (Wildman–Crippen MR) is 71.1 cm³/mol. The van der Waals surface area contributed by atoms with Crippen molar-refractivity contribution in [1.29, 1.82) is 0 Å². The predicted octanol–water partition coefficient (Wildman–Crippen LogP) is 2.88. The standard InChI is InChI=1S/C14H25N3/c1-10(15-9-14(4)7-6-8-14)13-11(2)16-17(5)12(13)3/h10,15H,6-9H2,1-5H3. The molecule has 1 heterocycles. The summed E-state index contributed by atoms with van der Waals surface area (Å²) in [5.74, 6) is 0. The highest BCUT2D eigenvalue weighted by Crippen LogP contribution is 2.40. The lowest BCUT2D eigenvalue weighted by molar-refractivity contribution is 0.152. The fraction of sp³-hybridized carbons (Fsp3) is 0.786. The van der Waals surface area contributed by atoms with Gasteiger partial charge in [-0.1, -0.05) is 13.3 Å². The summed E-state index contributed by atoms with van der Waals surface area (Å²) in [5.41, 5.74) is 4.35. The van der Waals surface area contributed by atoms with Crippen LogP contribution in [0.1, 0.15) is 56.1 Å². The summed E-state index contributed by atoms with van der Waals surface area (Å²) in [6, 6.07) is 0.404. The monoisotopic (exact) mass is 235 g/mol. The number of rotatable bonds is 4. The van der Waals surface area contributed by atoms with E-state index in [9.17, 15) is 0 Å². The molecule has 1 aromatic heterocycles. The van der Waals surface area contributed by atoms with E-state index in [1.165, 1.54) is 30.5 Å². The van der Waals surface area contributed by atoms with Crippen molar-refractivity contribution in [3.8, 4) is 0 Å². The number of hydrogen-bond donors (Lipinski definition) is 1. The van der Waals surface area contributed by atoms with E-state index in [4.69, 9.17) is 0 Å². The van der Waals surface area contributed by atoms with Gasteiger partial charge in [-0.3, -0.25) is 4.68 Å². The van der Waals surface area contributed by atoms with Crippen molar-refractivity contribution < 1.29 is 0 Å². The Morgan fingerprint density at radius 1 is 1.41 bits per heavy atom. The first-order valence-electron chi connectivity index (χ1n) is 6.66. The summed E-state index contributed by atoms with van der Waals surface area (Å²) in [4.78, 5) is 0. The maximum atomic E-state index is 4.49. The van der Waals surface area contributed by atoms with Crippen molar-refractivity contribution >= 4 is 0 Å². The Bertz CT molecular complexity index is 402. The lowest BCUT2D eigenvalue weighted by atomic mass is 9.70. The van der Waals surface area contributed by atoms with Gasteiger partial charge in [0.15, 0.2) is 0 Å². The zero-order valence-electron chi connectivity index (χ0n) is 11.8. The lowest BCUT2D eigenvalue weighted by Crippen LogP contribution is -2.38. The molecule has 2 rings (SSSR count). The summed E-state index contributed by atoms with van der Waals surface area (Å²) in [7, 11) is 2.02. The number of hydrogen-bond acceptors (Lipinski definition) is 2. The Labute approximate surface area is 105 Å². The minimum atomic E-state index is 0.404. The second kappa shape index (κ2) is 4.45. The third kappa shape index (κ3) is 2.39. The molecule has 1 aromatic rings. The summed E-state index contributed by atoms with van der Waals surface area (Å²) in [5, 5.41) is 8.17. The van der Waals surface area contributed by atoms with Crippen molar-refractivity contribution in [3.05, 3.63) is 17.0 Å². The zero-order valence-corrected chi connectivity index (χ0v) is 11.8. The van der Waals surface area contributed by atoms with Crippen LogP contribution in [-0.4, -0.2) is 16.3 Å². The van der Waals surface area contributed by atoms with E-state index >= 15 is 0 Å². The van der Waals surface area contributed by atoms with Crippen LogP contribution < -0.4 is 5.32 Å². The molecule has 0 aromatic carbocycles. The summed E-state index contributed by atoms with van der Waals surface area (Å²) >= 11 is 0. The molecule has 3 nitrogen and oxygen atoms in total. The van der Waals surface area contributed by atoms with Crippen LogP contribution in [0.2, 0.25) is 0 Å². The molecule has 1 fully saturated rings. The van der Waals surface area contributed by atoms with Crippen molar-refractivity contribution in [3.63, 3.8) is 0 Å². The molecular formula is C14H25N3. The van der Waals surface area contributed by atoms with Gasteiger partial charge in [0.2, 0.25) is 0 Å². The third-order valence-corrected chi connectivity index (χ3v) is 4.39. The van der Waals surface area contributed by atoms with Crippen molar-refractivity contribution in [2.24, 2.45) is 12.5 Å². The topological polar surface area (TPSA) is 29.9 Å². The van der Waals surface area contributed by atoms with Gasteiger partial charge in [-0.15, -0.1) is 0 Å². The van der Waals surface area contributed by atoms with Crippen LogP contribution in [0.25, 0.3) is 0 Å². The summed E-state index contributed by atoms with van der Waals surface area (Å²) in [6.07, 6.45) is 4.15. The fourth-order valence-electron chi connectivity index (χ4n) is 2.88. The largest absolute Gasteiger partial charge is 0.310 e. The molecule has 0 spiro atoms. The van der Waals surface area contributed by atoms with Crippen LogP contribution >= 0.6 is 0 Å². The van der Waals surface area contributed by atoms with E-state index in [-0.39, 0.29) is 0 Å². The average molecular weight is 235 g/mol. The van der Waals surface area contributed by atoms with Gasteiger partial charge in [0.05, 0.1) is 5.69 Å². The molecular weight excluding hydrogens is 210 g/mol. The Hall–Kier alpha value is -0.830. The quantitative estimate of drug-likeness (QED) is 0.869. The van der Waals surface area contributed by atoms with Crippen LogP contribution in [0, 0.1) is 19.3 Å². The van der Waals surface area contributed by atoms with Gasteiger partial charge >= 0.3 is 0 Å². The first-order valence-corrected chi connectivity index (χ1v) is 6.66. The smallest absolute Gasteiger partial charge is 0.0644 e. The van der Waals surface area contributed by atoms with E-state index in [1.807, 2.05) is 11.7 Å². The first-order chi connectivity index (χ1) is 7.93. The van der Waals surface area contributed by atoms with Crippen LogP contribution in [0.15, 0.2) is 0 Å². The summed E-state index contributed by atoms with van der Waals surface area (Å²) in [6.45, 7) is 10.0. The molecule has 17 heavy (non-hydrogen) atoms. The van der Waals surface area contributed by atoms with E-state index in [1.54, 1.807) is 0 Å². The van der Waals surface area contributed by atoms with Gasteiger partial charge in [-0.2, -0.15) is 5.10 Å². The number of nitrogens with zero attached hydrogens (tertiary/aromatic N) is 2. The molecule has 0 bridgehead atoms. The molecule has 1 saturated carbocycles. The number of nitrogens with one attached hydrogen (secondary N) is 1. The van der Waals surface area contributed by atoms with Crippen LogP contribution in [-0.2, 0) is 7.05 Å². The van der Waals surface area contributed by atoms with Crippen LogP contribution in [0.4, 0.5) is 0 Å². The van der Waals surface area contributed by atoms with Gasteiger partial charge in [0, 0.05) is 30.9 Å². The van der Waals surface area contributed by atoms with E-state index < -0.39 is 0 Å². The highest BCUT2D eigenvalue weighted by atomic mass is 15.3. The molecule has 0 radical (unpaired) electrons. The van der Waals surface area contributed by atoms with Gasteiger partial charge < -0.3 is 5.32 Å². The number of aromatic nitrogens is 2. The highest BCUT2D eigenvalue weighted by Gasteiger charge is 2.32. The number of aryl methyl sites for hydroxylation is 2. The Kier molecular flexibility index (Phi) is 3.30. The van der Waals surface area contributed by atoms with Crippen LogP contribution in [0.5, 0.6) is 0 Å². The first kappa shape index (κ1) is 12.6. The Morgan fingerprint density at radius 3 is 2.47 bits per heavy atom. The Balaban J connectivity index is 2.01. The molecule has 0 saturated heterocycles. The maximum absolute atomic E-state index is 4.49. The molecule has 0 aliphatic heterocycles. The molecule has 0 amide bonds. The van der Waals surface area contributed by atoms with Gasteiger partial charge in [-0.25, -0.2) is 0 Å². The lowest BCUT2D eigenvalue weighted by Gasteiger charge is -2.39. The van der Waals surface area contributed by atoms with E-state index in [2.05, 4.69) is 38.1 Å². The SMILES string of the molecule is Cc1nn(C)c(C)c1C(C)NCC1(C)CCC1. The minimum absolute atomic E-state index is 0.404.